The molecular weight excluding hydrogens is 295 g/mol. The molecule has 2 aromatic carbocycles. The number of nitrogens with one attached hydrogen (secondary N) is 1. The summed E-state index contributed by atoms with van der Waals surface area (Å²) in [6.07, 6.45) is 0. The van der Waals surface area contributed by atoms with Crippen LogP contribution in [0.2, 0.25) is 10.0 Å². The van der Waals surface area contributed by atoms with Crippen molar-refractivity contribution < 1.29 is 4.79 Å². The quantitative estimate of drug-likeness (QED) is 0.848. The summed E-state index contributed by atoms with van der Waals surface area (Å²) in [4.78, 5) is 12.4. The first-order chi connectivity index (χ1) is 9.46. The second kappa shape index (κ2) is 4.48. The highest BCUT2D eigenvalue weighted by molar-refractivity contribution is 6.33. The molecule has 20 heavy (non-hydrogen) atoms. The molecule has 102 valence electrons. The maximum absolute atomic E-state index is 12.4. The van der Waals surface area contributed by atoms with Crippen molar-refractivity contribution in [1.82, 2.24) is 0 Å². The molecule has 1 unspecified atom stereocenters. The van der Waals surface area contributed by atoms with Crippen molar-refractivity contribution in [3.05, 3.63) is 63.1 Å². The topological polar surface area (TPSA) is 55.1 Å². The Kier molecular flexibility index (Phi) is 3.01. The first-order valence-corrected chi connectivity index (χ1v) is 6.86. The van der Waals surface area contributed by atoms with Crippen molar-refractivity contribution in [2.75, 3.05) is 5.32 Å². The lowest BCUT2D eigenvalue weighted by atomic mass is 9.82. The molecule has 1 aliphatic rings. The van der Waals surface area contributed by atoms with Crippen LogP contribution < -0.4 is 11.1 Å². The molecule has 1 heterocycles. The zero-order valence-corrected chi connectivity index (χ0v) is 12.2. The molecule has 0 aliphatic carbocycles. The molecule has 0 spiro atoms. The summed E-state index contributed by atoms with van der Waals surface area (Å²) in [6.45, 7) is 1.85. The summed E-state index contributed by atoms with van der Waals surface area (Å²) in [5, 5.41) is 3.83. The van der Waals surface area contributed by atoms with E-state index < -0.39 is 5.54 Å². The molecule has 5 heteroatoms. The lowest BCUT2D eigenvalue weighted by molar-refractivity contribution is -0.119. The Balaban J connectivity index is 2.34. The van der Waals surface area contributed by atoms with Crippen LogP contribution in [0, 0.1) is 6.92 Å². The van der Waals surface area contributed by atoms with Gasteiger partial charge in [-0.25, -0.2) is 0 Å². The van der Waals surface area contributed by atoms with Gasteiger partial charge in [-0.1, -0.05) is 41.4 Å². The number of rotatable bonds is 1. The van der Waals surface area contributed by atoms with Crippen LogP contribution in [0.15, 0.2) is 36.4 Å². The highest BCUT2D eigenvalue weighted by Gasteiger charge is 2.47. The van der Waals surface area contributed by atoms with Gasteiger partial charge in [0.2, 0.25) is 0 Å². The summed E-state index contributed by atoms with van der Waals surface area (Å²) in [5.41, 5.74) is 7.85. The molecule has 0 radical (unpaired) electrons. The smallest absolute Gasteiger partial charge is 0.253 e. The molecule has 0 saturated carbocycles. The number of fused-ring (bicyclic) bond motifs is 1. The molecule has 3 N–H and O–H groups in total. The maximum atomic E-state index is 12.4. The lowest BCUT2D eigenvalue weighted by Gasteiger charge is -2.25. The average Bonchev–Trinajstić information content (AvgIpc) is 2.68. The third kappa shape index (κ3) is 1.67. The van der Waals surface area contributed by atoms with Gasteiger partial charge in [0.05, 0.1) is 0 Å². The van der Waals surface area contributed by atoms with Crippen molar-refractivity contribution in [3.8, 4) is 0 Å². The van der Waals surface area contributed by atoms with Gasteiger partial charge in [-0.2, -0.15) is 0 Å². The molecule has 0 saturated heterocycles. The summed E-state index contributed by atoms with van der Waals surface area (Å²) in [5.74, 6) is -0.300. The van der Waals surface area contributed by atoms with Crippen LogP contribution in [0.1, 0.15) is 16.7 Å². The number of carbonyl (C=O) groups is 1. The fourth-order valence-electron chi connectivity index (χ4n) is 2.67. The second-order valence-electron chi connectivity index (χ2n) is 4.84. The van der Waals surface area contributed by atoms with Crippen molar-refractivity contribution in [2.24, 2.45) is 5.73 Å². The molecule has 0 fully saturated rings. The lowest BCUT2D eigenvalue weighted by Crippen LogP contribution is -2.45. The van der Waals surface area contributed by atoms with Gasteiger partial charge in [-0.05, 0) is 30.7 Å². The van der Waals surface area contributed by atoms with E-state index in [0.29, 0.717) is 26.9 Å². The van der Waals surface area contributed by atoms with Gasteiger partial charge >= 0.3 is 0 Å². The van der Waals surface area contributed by atoms with E-state index in [4.69, 9.17) is 28.9 Å². The second-order valence-corrected chi connectivity index (χ2v) is 5.65. The van der Waals surface area contributed by atoms with Gasteiger partial charge in [-0.3, -0.25) is 4.79 Å². The number of amides is 1. The highest BCUT2D eigenvalue weighted by atomic mass is 35.5. The zero-order valence-electron chi connectivity index (χ0n) is 10.7. The van der Waals surface area contributed by atoms with E-state index in [0.717, 1.165) is 5.56 Å². The summed E-state index contributed by atoms with van der Waals surface area (Å²) < 4.78 is 0. The summed E-state index contributed by atoms with van der Waals surface area (Å²) in [7, 11) is 0. The number of benzene rings is 2. The summed E-state index contributed by atoms with van der Waals surface area (Å²) in [6, 6.07) is 10.6. The summed E-state index contributed by atoms with van der Waals surface area (Å²) >= 11 is 12.4. The number of nitrogens with two attached hydrogens (primary N) is 1. The van der Waals surface area contributed by atoms with Crippen molar-refractivity contribution in [2.45, 2.75) is 12.5 Å². The van der Waals surface area contributed by atoms with E-state index >= 15 is 0 Å². The molecule has 1 amide bonds. The standard InChI is InChI=1S/C15H12Cl2N2O/c1-8-10(16)6-7-12-13(8)15(18,14(20)19-12)9-4-2-3-5-11(9)17/h2-7H,18H2,1H3,(H,19,20). The number of hydrogen-bond acceptors (Lipinski definition) is 2. The van der Waals surface area contributed by atoms with Crippen LogP contribution >= 0.6 is 23.2 Å². The molecule has 3 rings (SSSR count). The number of hydrogen-bond donors (Lipinski definition) is 2. The average molecular weight is 307 g/mol. The van der Waals surface area contributed by atoms with E-state index in [9.17, 15) is 4.79 Å². The van der Waals surface area contributed by atoms with E-state index in [1.165, 1.54) is 0 Å². The van der Waals surface area contributed by atoms with Gasteiger partial charge in [-0.15, -0.1) is 0 Å². The Hall–Kier alpha value is -1.55. The molecular formula is C15H12Cl2N2O. The van der Waals surface area contributed by atoms with Gasteiger partial charge in [0.25, 0.3) is 5.91 Å². The van der Waals surface area contributed by atoms with E-state index in [-0.39, 0.29) is 5.91 Å². The normalized spacial score (nSPS) is 20.7. The van der Waals surface area contributed by atoms with Crippen LogP contribution in [-0.4, -0.2) is 5.91 Å². The minimum absolute atomic E-state index is 0.300. The van der Waals surface area contributed by atoms with Gasteiger partial charge in [0, 0.05) is 26.9 Å². The number of carbonyl (C=O) groups excluding carboxylic acids is 1. The zero-order chi connectivity index (χ0) is 14.5. The monoisotopic (exact) mass is 306 g/mol. The number of anilines is 1. The first-order valence-electron chi connectivity index (χ1n) is 6.11. The molecule has 1 atom stereocenters. The van der Waals surface area contributed by atoms with Crippen LogP contribution in [0.25, 0.3) is 0 Å². The molecule has 2 aromatic rings. The Bertz CT molecular complexity index is 730. The highest BCUT2D eigenvalue weighted by Crippen LogP contribution is 2.44. The third-order valence-corrected chi connectivity index (χ3v) is 4.44. The Labute approximate surface area is 126 Å². The minimum atomic E-state index is -1.32. The van der Waals surface area contributed by atoms with E-state index in [1.54, 1.807) is 36.4 Å². The maximum Gasteiger partial charge on any atom is 0.253 e. The van der Waals surface area contributed by atoms with Crippen LogP contribution in [0.3, 0.4) is 0 Å². The van der Waals surface area contributed by atoms with E-state index in [2.05, 4.69) is 5.32 Å². The fraction of sp³-hybridized carbons (Fsp3) is 0.133. The third-order valence-electron chi connectivity index (χ3n) is 3.70. The van der Waals surface area contributed by atoms with Gasteiger partial charge < -0.3 is 11.1 Å². The van der Waals surface area contributed by atoms with Crippen LogP contribution in [0.5, 0.6) is 0 Å². The fourth-order valence-corrected chi connectivity index (χ4v) is 3.11. The molecule has 1 aliphatic heterocycles. The Morgan fingerprint density at radius 2 is 1.80 bits per heavy atom. The van der Waals surface area contributed by atoms with Crippen LogP contribution in [0.4, 0.5) is 5.69 Å². The van der Waals surface area contributed by atoms with Crippen molar-refractivity contribution in [3.63, 3.8) is 0 Å². The predicted molar refractivity (Wildman–Crippen MR) is 81.2 cm³/mol. The Morgan fingerprint density at radius 3 is 2.50 bits per heavy atom. The first kappa shape index (κ1) is 13.4. The van der Waals surface area contributed by atoms with Crippen molar-refractivity contribution >= 4 is 34.8 Å². The number of halogens is 2. The largest absolute Gasteiger partial charge is 0.324 e. The van der Waals surface area contributed by atoms with Gasteiger partial charge in [0.1, 0.15) is 0 Å². The van der Waals surface area contributed by atoms with Crippen molar-refractivity contribution in [1.29, 1.82) is 0 Å². The SMILES string of the molecule is Cc1c(Cl)ccc2c1C(N)(c1ccccc1Cl)C(=O)N2. The van der Waals surface area contributed by atoms with E-state index in [1.807, 2.05) is 6.92 Å². The molecule has 0 bridgehead atoms. The molecule has 0 aromatic heterocycles. The van der Waals surface area contributed by atoms with Gasteiger partial charge in [0.15, 0.2) is 5.54 Å². The molecule has 3 nitrogen and oxygen atoms in total. The Morgan fingerprint density at radius 1 is 1.10 bits per heavy atom. The minimum Gasteiger partial charge on any atom is -0.324 e. The predicted octanol–water partition coefficient (Wildman–Crippen LogP) is 3.46. The van der Waals surface area contributed by atoms with Crippen LogP contribution in [-0.2, 0) is 10.3 Å².